The molecule has 13 heteroatoms. The first-order valence-electron chi connectivity index (χ1n) is 19.3. The summed E-state index contributed by atoms with van der Waals surface area (Å²) in [5.74, 6) is 0.175. The molecule has 325 valence electrons. The smallest absolute Gasteiger partial charge is 0.295 e. The van der Waals surface area contributed by atoms with E-state index in [4.69, 9.17) is 39.4 Å². The van der Waals surface area contributed by atoms with Gasteiger partial charge in [0.2, 0.25) is 0 Å². The molecule has 0 aliphatic rings. The third-order valence-electron chi connectivity index (χ3n) is 8.42. The topological polar surface area (TPSA) is 129 Å². The predicted molar refractivity (Wildman–Crippen MR) is 256 cm³/mol. The summed E-state index contributed by atoms with van der Waals surface area (Å²) in [6, 6.07) is 39.7. The SMILES string of the molecule is [C-]#[N+]c1ccc(C(C)=O)cc1.[C-]#[N+]c1ccc(C(C)=O)cc1.[C-]#[N+]c1ccc(C(C)=O)cc1.[C-]#[N+]c1ccc(C(C)=O)cc1.[C-]#[N+]c1ccc(C(C)=O)cc1.[C-]#[N+]c1ccc(C(C)=O)cc1.[Tc+6]. The summed E-state index contributed by atoms with van der Waals surface area (Å²) < 4.78 is 0. The number of carbonyl (C=O) groups excluding carboxylic acids is 6. The van der Waals surface area contributed by atoms with Gasteiger partial charge in [-0.3, -0.25) is 28.8 Å². The number of carbonyl (C=O) groups is 6. The van der Waals surface area contributed by atoms with E-state index in [2.05, 4.69) is 29.1 Å². The van der Waals surface area contributed by atoms with Crippen molar-refractivity contribution < 1.29 is 48.9 Å². The minimum absolute atomic E-state index is 0. The van der Waals surface area contributed by atoms with E-state index in [-0.39, 0.29) is 54.8 Å². The summed E-state index contributed by atoms with van der Waals surface area (Å²) in [7, 11) is 0. The van der Waals surface area contributed by atoms with Crippen molar-refractivity contribution in [3.63, 3.8) is 0 Å². The minimum atomic E-state index is 0. The maximum Gasteiger partial charge on any atom is 6.00 e. The second-order valence-corrected chi connectivity index (χ2v) is 13.3. The molecule has 0 unspecified atom stereocenters. The van der Waals surface area contributed by atoms with Crippen molar-refractivity contribution in [2.24, 2.45) is 0 Å². The molecule has 0 amide bonds. The third-order valence-corrected chi connectivity index (χ3v) is 8.42. The number of rotatable bonds is 6. The Hall–Kier alpha value is -9.07. The van der Waals surface area contributed by atoms with Crippen LogP contribution in [0.25, 0.3) is 29.1 Å². The standard InChI is InChI=1S/6C9H7NO.Tc/c6*1-7(11)8-3-5-9(10-2)6-4-8;/h6*3-6H,1H3;/q;;;;;;+6. The summed E-state index contributed by atoms with van der Waals surface area (Å²) in [6.45, 7) is 49.0. The fourth-order valence-corrected chi connectivity index (χ4v) is 4.62. The van der Waals surface area contributed by atoms with Gasteiger partial charge >= 0.3 is 20.1 Å². The van der Waals surface area contributed by atoms with E-state index >= 15 is 0 Å². The van der Waals surface area contributed by atoms with Crippen LogP contribution < -0.4 is 0 Å². The summed E-state index contributed by atoms with van der Waals surface area (Å²) in [6.07, 6.45) is 0. The first-order chi connectivity index (χ1) is 31.4. The van der Waals surface area contributed by atoms with Gasteiger partial charge in [0, 0.05) is 33.4 Å². The number of hydrogen-bond donors (Lipinski definition) is 0. The number of benzene rings is 6. The van der Waals surface area contributed by atoms with Crippen LogP contribution in [0.3, 0.4) is 0 Å². The Labute approximate surface area is 404 Å². The quantitative estimate of drug-likeness (QED) is 0.121. The Morgan fingerprint density at radius 2 is 0.328 bits per heavy atom. The Balaban J connectivity index is 0.000000778. The summed E-state index contributed by atoms with van der Waals surface area (Å²) in [4.78, 5) is 83.9. The Morgan fingerprint density at radius 3 is 0.388 bits per heavy atom. The van der Waals surface area contributed by atoms with Crippen LogP contribution in [0, 0.1) is 39.4 Å². The molecule has 0 spiro atoms. The van der Waals surface area contributed by atoms with Crippen LogP contribution in [0.5, 0.6) is 0 Å². The van der Waals surface area contributed by atoms with E-state index in [1.165, 1.54) is 41.5 Å². The van der Waals surface area contributed by atoms with Gasteiger partial charge in [-0.1, -0.05) is 146 Å². The first-order valence-corrected chi connectivity index (χ1v) is 19.3. The van der Waals surface area contributed by atoms with Gasteiger partial charge in [-0.25, -0.2) is 29.1 Å². The molecule has 0 heterocycles. The van der Waals surface area contributed by atoms with Crippen LogP contribution in [-0.2, 0) is 20.1 Å². The number of nitrogens with zero attached hydrogens (tertiary/aromatic N) is 6. The van der Waals surface area contributed by atoms with E-state index < -0.39 is 0 Å². The van der Waals surface area contributed by atoms with Crippen LogP contribution in [0.4, 0.5) is 34.1 Å². The first kappa shape index (κ1) is 57.9. The van der Waals surface area contributed by atoms with Crippen LogP contribution in [0.15, 0.2) is 146 Å². The fourth-order valence-electron chi connectivity index (χ4n) is 4.62. The van der Waals surface area contributed by atoms with E-state index in [0.29, 0.717) is 67.5 Å². The Morgan fingerprint density at radius 1 is 0.239 bits per heavy atom. The molecule has 6 aromatic carbocycles. The van der Waals surface area contributed by atoms with E-state index in [9.17, 15) is 28.8 Å². The van der Waals surface area contributed by atoms with E-state index in [1.54, 1.807) is 146 Å². The van der Waals surface area contributed by atoms with Crippen LogP contribution in [0.2, 0.25) is 0 Å². The molecule has 0 bridgehead atoms. The van der Waals surface area contributed by atoms with Gasteiger partial charge < -0.3 is 0 Å². The van der Waals surface area contributed by atoms with Crippen molar-refractivity contribution >= 4 is 68.8 Å². The molecule has 67 heavy (non-hydrogen) atoms. The van der Waals surface area contributed by atoms with E-state index in [1.807, 2.05) is 0 Å². The van der Waals surface area contributed by atoms with Crippen LogP contribution >= 0.6 is 0 Å². The molecule has 0 aromatic heterocycles. The molecule has 1 radical (unpaired) electrons. The second-order valence-electron chi connectivity index (χ2n) is 13.3. The van der Waals surface area contributed by atoms with Crippen molar-refractivity contribution in [3.05, 3.63) is 247 Å². The van der Waals surface area contributed by atoms with Crippen LogP contribution in [-0.4, -0.2) is 34.7 Å². The minimum Gasteiger partial charge on any atom is -0.295 e. The van der Waals surface area contributed by atoms with Crippen molar-refractivity contribution in [1.29, 1.82) is 0 Å². The van der Waals surface area contributed by atoms with Gasteiger partial charge in [-0.05, 0) is 41.5 Å². The Bertz CT molecular complexity index is 2360. The molecule has 6 rings (SSSR count). The number of Topliss-reactive ketones (excluding diaryl/α,β-unsaturated/α-hetero) is 6. The average molecular weight is 969 g/mol. The summed E-state index contributed by atoms with van der Waals surface area (Å²) in [5, 5.41) is 0. The molecule has 0 saturated heterocycles. The van der Waals surface area contributed by atoms with Crippen LogP contribution in [0.1, 0.15) is 104 Å². The maximum absolute atomic E-state index is 10.8. The van der Waals surface area contributed by atoms with Gasteiger partial charge in [0.1, 0.15) is 0 Å². The third kappa shape index (κ3) is 22.7. The zero-order valence-electron chi connectivity index (χ0n) is 37.4. The van der Waals surface area contributed by atoms with E-state index in [0.717, 1.165) is 0 Å². The normalized spacial score (nSPS) is 8.60. The maximum atomic E-state index is 10.8. The summed E-state index contributed by atoms with van der Waals surface area (Å²) in [5.41, 5.74) is 7.29. The molecule has 0 fully saturated rings. The summed E-state index contributed by atoms with van der Waals surface area (Å²) >= 11 is 0. The zero-order chi connectivity index (χ0) is 49.6. The van der Waals surface area contributed by atoms with Gasteiger partial charge in [0.25, 0.3) is 0 Å². The molecule has 12 nitrogen and oxygen atoms in total. The second kappa shape index (κ2) is 31.7. The van der Waals surface area contributed by atoms with Crippen molar-refractivity contribution in [3.8, 4) is 0 Å². The molecule has 0 aliphatic heterocycles. The van der Waals surface area contributed by atoms with Gasteiger partial charge in [0.15, 0.2) is 68.8 Å². The van der Waals surface area contributed by atoms with Gasteiger partial charge in [-0.2, -0.15) is 0 Å². The van der Waals surface area contributed by atoms with Crippen molar-refractivity contribution in [2.45, 2.75) is 41.5 Å². The molecule has 0 aliphatic carbocycles. The van der Waals surface area contributed by atoms with Crippen molar-refractivity contribution in [2.75, 3.05) is 0 Å². The average Bonchev–Trinajstić information content (AvgIpc) is 3.35. The fraction of sp³-hybridized carbons (Fsp3) is 0.111. The Kier molecular flexibility index (Phi) is 27.4. The molecule has 0 N–H and O–H groups in total. The molecule has 6 aromatic rings. The number of ketones is 6. The van der Waals surface area contributed by atoms with Crippen molar-refractivity contribution in [1.82, 2.24) is 0 Å². The zero-order valence-corrected chi connectivity index (χ0v) is 39.2. The monoisotopic (exact) mass is 967 g/mol. The molecular formula is C54H42N6O6Tc+6. The molecule has 0 atom stereocenters. The molecule has 0 saturated carbocycles. The molecular weight excluding hydrogens is 927 g/mol. The largest absolute Gasteiger partial charge is 6.00 e. The van der Waals surface area contributed by atoms with Gasteiger partial charge in [-0.15, -0.1) is 0 Å². The number of hydrogen-bond acceptors (Lipinski definition) is 6. The van der Waals surface area contributed by atoms with Gasteiger partial charge in [0.05, 0.1) is 39.4 Å². The predicted octanol–water partition coefficient (Wildman–Crippen LogP) is 14.6.